The molecule has 2 amide bonds. The molecule has 0 saturated heterocycles. The maximum absolute atomic E-state index is 12.6. The van der Waals surface area contributed by atoms with Crippen molar-refractivity contribution in [3.05, 3.63) is 88.6 Å². The van der Waals surface area contributed by atoms with Crippen LogP contribution in [0.25, 0.3) is 6.08 Å². The molecule has 1 aliphatic rings. The zero-order valence-corrected chi connectivity index (χ0v) is 17.0. The standard InChI is InChI=1S/C23H19N3O3S/c1-29-18-6-2-4-15(10-18)11-21-23(28)26-19-12-17(7-8-20(19)30-21)22(27)25-14-16-5-3-9-24-13-16/h2-13H,14H2,1H3,(H,25,27)(H,26,28)/b21-11+. The molecule has 6 nitrogen and oxygen atoms in total. The lowest BCUT2D eigenvalue weighted by Gasteiger charge is -2.19. The minimum atomic E-state index is -0.210. The Kier molecular flexibility index (Phi) is 5.81. The van der Waals surface area contributed by atoms with E-state index in [1.807, 2.05) is 48.5 Å². The predicted octanol–water partition coefficient (Wildman–Crippen LogP) is 4.11. The number of amides is 2. The first-order valence-corrected chi connectivity index (χ1v) is 10.1. The Hall–Kier alpha value is -3.58. The quantitative estimate of drug-likeness (QED) is 0.611. The molecule has 3 aromatic rings. The van der Waals surface area contributed by atoms with Gasteiger partial charge >= 0.3 is 0 Å². The van der Waals surface area contributed by atoms with Gasteiger partial charge in [-0.1, -0.05) is 30.0 Å². The van der Waals surface area contributed by atoms with E-state index in [0.717, 1.165) is 21.8 Å². The number of fused-ring (bicyclic) bond motifs is 1. The van der Waals surface area contributed by atoms with Crippen LogP contribution in [-0.4, -0.2) is 23.9 Å². The number of carbonyl (C=O) groups excluding carboxylic acids is 2. The zero-order valence-electron chi connectivity index (χ0n) is 16.2. The minimum absolute atomic E-state index is 0.205. The van der Waals surface area contributed by atoms with Gasteiger partial charge in [0.1, 0.15) is 5.75 Å². The molecule has 2 heterocycles. The molecule has 1 aliphatic heterocycles. The van der Waals surface area contributed by atoms with Crippen molar-refractivity contribution < 1.29 is 14.3 Å². The van der Waals surface area contributed by atoms with Gasteiger partial charge in [0, 0.05) is 29.4 Å². The van der Waals surface area contributed by atoms with Crippen molar-refractivity contribution in [1.29, 1.82) is 0 Å². The van der Waals surface area contributed by atoms with Crippen molar-refractivity contribution in [2.24, 2.45) is 0 Å². The summed E-state index contributed by atoms with van der Waals surface area (Å²) in [5.41, 5.74) is 2.91. The Morgan fingerprint density at radius 3 is 2.90 bits per heavy atom. The monoisotopic (exact) mass is 417 g/mol. The lowest BCUT2D eigenvalue weighted by atomic mass is 10.1. The van der Waals surface area contributed by atoms with E-state index in [-0.39, 0.29) is 11.8 Å². The van der Waals surface area contributed by atoms with E-state index in [4.69, 9.17) is 4.74 Å². The van der Waals surface area contributed by atoms with Crippen molar-refractivity contribution in [2.45, 2.75) is 11.4 Å². The van der Waals surface area contributed by atoms with Crippen LogP contribution in [0.3, 0.4) is 0 Å². The van der Waals surface area contributed by atoms with Gasteiger partial charge in [0.2, 0.25) is 0 Å². The number of nitrogens with zero attached hydrogens (tertiary/aromatic N) is 1. The molecule has 2 N–H and O–H groups in total. The van der Waals surface area contributed by atoms with Crippen LogP contribution in [0.1, 0.15) is 21.5 Å². The first-order chi connectivity index (χ1) is 14.6. The predicted molar refractivity (Wildman–Crippen MR) is 117 cm³/mol. The third-order valence-corrected chi connectivity index (χ3v) is 5.60. The van der Waals surface area contributed by atoms with Crippen molar-refractivity contribution in [3.63, 3.8) is 0 Å². The number of hydrogen-bond acceptors (Lipinski definition) is 5. The van der Waals surface area contributed by atoms with E-state index in [9.17, 15) is 9.59 Å². The Morgan fingerprint density at radius 1 is 1.20 bits per heavy atom. The molecule has 0 saturated carbocycles. The largest absolute Gasteiger partial charge is 0.497 e. The van der Waals surface area contributed by atoms with Gasteiger partial charge in [-0.05, 0) is 53.6 Å². The summed E-state index contributed by atoms with van der Waals surface area (Å²) in [6, 6.07) is 16.5. The topological polar surface area (TPSA) is 80.3 Å². The van der Waals surface area contributed by atoms with Gasteiger partial charge in [-0.25, -0.2) is 0 Å². The van der Waals surface area contributed by atoms with Crippen LogP contribution in [-0.2, 0) is 11.3 Å². The second-order valence-corrected chi connectivity index (χ2v) is 7.68. The van der Waals surface area contributed by atoms with Gasteiger partial charge in [0.25, 0.3) is 11.8 Å². The number of anilines is 1. The van der Waals surface area contributed by atoms with Crippen LogP contribution < -0.4 is 15.4 Å². The first-order valence-electron chi connectivity index (χ1n) is 9.28. The molecule has 0 radical (unpaired) electrons. The summed E-state index contributed by atoms with van der Waals surface area (Å²) in [7, 11) is 1.61. The third-order valence-electron chi connectivity index (χ3n) is 4.50. The Labute approximate surface area is 178 Å². The summed E-state index contributed by atoms with van der Waals surface area (Å²) in [4.78, 5) is 30.5. The first kappa shape index (κ1) is 19.7. The molecule has 30 heavy (non-hydrogen) atoms. The van der Waals surface area contributed by atoms with Crippen molar-refractivity contribution in [2.75, 3.05) is 12.4 Å². The fourth-order valence-corrected chi connectivity index (χ4v) is 3.90. The Morgan fingerprint density at radius 2 is 2.10 bits per heavy atom. The van der Waals surface area contributed by atoms with Crippen LogP contribution >= 0.6 is 11.8 Å². The number of aromatic nitrogens is 1. The van der Waals surface area contributed by atoms with Crippen LogP contribution in [0.4, 0.5) is 5.69 Å². The smallest absolute Gasteiger partial charge is 0.262 e. The number of methoxy groups -OCH3 is 1. The zero-order chi connectivity index (χ0) is 20.9. The lowest BCUT2D eigenvalue weighted by molar-refractivity contribution is -0.112. The number of thioether (sulfide) groups is 1. The summed E-state index contributed by atoms with van der Waals surface area (Å²) in [5, 5.41) is 5.74. The maximum Gasteiger partial charge on any atom is 0.262 e. The Balaban J connectivity index is 1.49. The second kappa shape index (κ2) is 8.84. The van der Waals surface area contributed by atoms with Gasteiger partial charge < -0.3 is 15.4 Å². The molecule has 0 unspecified atom stereocenters. The number of ether oxygens (including phenoxy) is 1. The minimum Gasteiger partial charge on any atom is -0.497 e. The van der Waals surface area contributed by atoms with E-state index in [2.05, 4.69) is 15.6 Å². The normalized spacial score (nSPS) is 14.0. The van der Waals surface area contributed by atoms with Crippen LogP contribution in [0.2, 0.25) is 0 Å². The number of carbonyl (C=O) groups is 2. The van der Waals surface area contributed by atoms with Gasteiger partial charge in [0.15, 0.2) is 0 Å². The molecule has 0 aliphatic carbocycles. The highest BCUT2D eigenvalue weighted by atomic mass is 32.2. The van der Waals surface area contributed by atoms with Crippen LogP contribution in [0.15, 0.2) is 76.8 Å². The van der Waals surface area contributed by atoms with Gasteiger partial charge in [-0.15, -0.1) is 0 Å². The van der Waals surface area contributed by atoms with Crippen molar-refractivity contribution in [1.82, 2.24) is 10.3 Å². The van der Waals surface area contributed by atoms with Crippen molar-refractivity contribution in [3.8, 4) is 5.75 Å². The highest BCUT2D eigenvalue weighted by molar-refractivity contribution is 8.04. The average molecular weight is 417 g/mol. The molecular formula is C23H19N3O3S. The molecular weight excluding hydrogens is 398 g/mol. The van der Waals surface area contributed by atoms with Crippen LogP contribution in [0, 0.1) is 0 Å². The Bertz CT molecular complexity index is 1130. The fraction of sp³-hybridized carbons (Fsp3) is 0.0870. The number of nitrogens with one attached hydrogen (secondary N) is 2. The van der Waals surface area contributed by atoms with Crippen LogP contribution in [0.5, 0.6) is 5.75 Å². The van der Waals surface area contributed by atoms with E-state index in [1.165, 1.54) is 11.8 Å². The van der Waals surface area contributed by atoms with E-state index >= 15 is 0 Å². The molecule has 0 atom stereocenters. The van der Waals surface area contributed by atoms with E-state index in [1.54, 1.807) is 31.6 Å². The summed E-state index contributed by atoms with van der Waals surface area (Å²) in [5.74, 6) is 0.315. The molecule has 2 aromatic carbocycles. The van der Waals surface area contributed by atoms with Gasteiger partial charge in [0.05, 0.1) is 17.7 Å². The molecule has 7 heteroatoms. The summed E-state index contributed by atoms with van der Waals surface area (Å²) >= 11 is 1.37. The average Bonchev–Trinajstić information content (AvgIpc) is 2.78. The lowest BCUT2D eigenvalue weighted by Crippen LogP contribution is -2.24. The SMILES string of the molecule is COc1cccc(/C=C2/Sc3ccc(C(=O)NCc4cccnc4)cc3NC2=O)c1. The maximum atomic E-state index is 12.6. The summed E-state index contributed by atoms with van der Waals surface area (Å²) in [6.45, 7) is 0.387. The number of benzene rings is 2. The number of pyridine rings is 1. The van der Waals surface area contributed by atoms with E-state index in [0.29, 0.717) is 22.7 Å². The fourth-order valence-electron chi connectivity index (χ4n) is 2.97. The molecule has 4 rings (SSSR count). The highest BCUT2D eigenvalue weighted by Gasteiger charge is 2.22. The molecule has 1 aromatic heterocycles. The van der Waals surface area contributed by atoms with Gasteiger partial charge in [-0.2, -0.15) is 0 Å². The number of hydrogen-bond donors (Lipinski definition) is 2. The second-order valence-electron chi connectivity index (χ2n) is 6.60. The molecule has 0 bridgehead atoms. The molecule has 0 fully saturated rings. The van der Waals surface area contributed by atoms with E-state index < -0.39 is 0 Å². The van der Waals surface area contributed by atoms with Crippen molar-refractivity contribution >= 4 is 35.3 Å². The molecule has 150 valence electrons. The third kappa shape index (κ3) is 4.52. The molecule has 0 spiro atoms. The van der Waals surface area contributed by atoms with Gasteiger partial charge in [-0.3, -0.25) is 14.6 Å². The summed E-state index contributed by atoms with van der Waals surface area (Å²) in [6.07, 6.45) is 5.21. The highest BCUT2D eigenvalue weighted by Crippen LogP contribution is 2.39. The number of rotatable bonds is 5. The summed E-state index contributed by atoms with van der Waals surface area (Å²) < 4.78 is 5.23.